The lowest BCUT2D eigenvalue weighted by Gasteiger charge is -2.07. The van der Waals surface area contributed by atoms with Gasteiger partial charge in [0.15, 0.2) is 5.78 Å². The Morgan fingerprint density at radius 3 is 2.76 bits per heavy atom. The third kappa shape index (κ3) is 3.18. The Morgan fingerprint density at radius 1 is 1.18 bits per heavy atom. The summed E-state index contributed by atoms with van der Waals surface area (Å²) in [6.07, 6.45) is 0. The van der Waals surface area contributed by atoms with E-state index in [1.165, 1.54) is 0 Å². The van der Waals surface area contributed by atoms with Crippen molar-refractivity contribution in [2.24, 2.45) is 0 Å². The van der Waals surface area contributed by atoms with Crippen molar-refractivity contribution in [3.8, 4) is 5.75 Å². The van der Waals surface area contributed by atoms with E-state index in [2.05, 4.69) is 0 Å². The summed E-state index contributed by atoms with van der Waals surface area (Å²) in [4.78, 5) is 11.4. The van der Waals surface area contributed by atoms with Gasteiger partial charge in [0.25, 0.3) is 0 Å². The van der Waals surface area contributed by atoms with Gasteiger partial charge < -0.3 is 4.74 Å². The molecule has 0 radical (unpaired) electrons. The largest absolute Gasteiger partial charge is 0.489 e. The monoisotopic (exact) mass is 227 g/mol. The molecule has 0 aliphatic carbocycles. The molecule has 0 amide bonds. The second kappa shape index (κ2) is 5.30. The highest BCUT2D eigenvalue weighted by atomic mass is 16.5. The fraction of sp³-hybridized carbons (Fsp3) is 0.133. The molecule has 0 atom stereocenters. The topological polar surface area (TPSA) is 26.3 Å². The fourth-order valence-electron chi connectivity index (χ4n) is 1.50. The van der Waals surface area contributed by atoms with Crippen LogP contribution in [0.1, 0.15) is 24.2 Å². The van der Waals surface area contributed by atoms with E-state index in [-0.39, 0.29) is 12.7 Å². The second-order valence-electron chi connectivity index (χ2n) is 3.73. The molecule has 0 N–H and O–H groups in total. The zero-order valence-corrected chi connectivity index (χ0v) is 9.43. The van der Waals surface area contributed by atoms with Crippen LogP contribution in [0.4, 0.5) is 0 Å². The zero-order valence-electron chi connectivity index (χ0n) is 10.4. The molecule has 2 nitrogen and oxygen atoms in total. The summed E-state index contributed by atoms with van der Waals surface area (Å²) >= 11 is 0. The Bertz CT molecular complexity index is 523. The predicted octanol–water partition coefficient (Wildman–Crippen LogP) is 3.47. The van der Waals surface area contributed by atoms with Gasteiger partial charge in [-0.1, -0.05) is 42.5 Å². The lowest BCUT2D eigenvalue weighted by atomic mass is 10.1. The van der Waals surface area contributed by atoms with Gasteiger partial charge in [-0.25, -0.2) is 0 Å². The van der Waals surface area contributed by atoms with Crippen molar-refractivity contribution in [1.29, 1.82) is 0 Å². The number of benzene rings is 2. The average molecular weight is 227 g/mol. The minimum atomic E-state index is -0.234. The Labute approximate surface area is 102 Å². The molecule has 0 aliphatic heterocycles. The van der Waals surface area contributed by atoms with Crippen molar-refractivity contribution in [2.75, 3.05) is 0 Å². The van der Waals surface area contributed by atoms with Gasteiger partial charge in [0.05, 0.1) is 0 Å². The van der Waals surface area contributed by atoms with E-state index < -0.39 is 0 Å². The van der Waals surface area contributed by atoms with Gasteiger partial charge >= 0.3 is 0 Å². The quantitative estimate of drug-likeness (QED) is 0.747. The van der Waals surface area contributed by atoms with Gasteiger partial charge in [0.2, 0.25) is 0 Å². The van der Waals surface area contributed by atoms with Crippen LogP contribution in [0.3, 0.4) is 0 Å². The standard InChI is InChI=1S/C15H14O2/c1-12(16)14-8-5-9-15(10-14)17-11-13-6-3-2-4-7-13/h2-10H,11H2,1H3/i1D. The minimum absolute atomic E-state index is 0.194. The van der Waals surface area contributed by atoms with E-state index in [0.29, 0.717) is 17.9 Å². The van der Waals surface area contributed by atoms with Crippen LogP contribution in [0.15, 0.2) is 54.6 Å². The van der Waals surface area contributed by atoms with Crippen LogP contribution < -0.4 is 4.74 Å². The van der Waals surface area contributed by atoms with Gasteiger partial charge in [0.1, 0.15) is 12.4 Å². The maximum absolute atomic E-state index is 11.4. The Morgan fingerprint density at radius 2 is 2.00 bits per heavy atom. The Kier molecular flexibility index (Phi) is 3.15. The van der Waals surface area contributed by atoms with Crippen molar-refractivity contribution in [2.45, 2.75) is 13.5 Å². The molecule has 2 heteroatoms. The first-order chi connectivity index (χ1) is 8.79. The molecule has 86 valence electrons. The normalized spacial score (nSPS) is 10.7. The first-order valence-corrected chi connectivity index (χ1v) is 5.39. The summed E-state index contributed by atoms with van der Waals surface area (Å²) in [6, 6.07) is 16.8. The number of hydrogen-bond acceptors (Lipinski definition) is 2. The summed E-state index contributed by atoms with van der Waals surface area (Å²) in [5.74, 6) is 0.457. The van der Waals surface area contributed by atoms with E-state index in [9.17, 15) is 4.79 Å². The summed E-state index contributed by atoms with van der Waals surface area (Å²) in [5, 5.41) is 0. The molecule has 2 aromatic rings. The van der Waals surface area contributed by atoms with Crippen LogP contribution in [0, 0.1) is 0 Å². The molecule has 17 heavy (non-hydrogen) atoms. The summed E-state index contributed by atoms with van der Waals surface area (Å²) in [5.41, 5.74) is 1.60. The first kappa shape index (κ1) is 10.1. The first-order valence-electron chi connectivity index (χ1n) is 6.09. The third-order valence-corrected chi connectivity index (χ3v) is 2.40. The predicted molar refractivity (Wildman–Crippen MR) is 67.2 cm³/mol. The van der Waals surface area contributed by atoms with Gasteiger partial charge in [-0.2, -0.15) is 0 Å². The molecule has 2 aromatic carbocycles. The zero-order chi connectivity index (χ0) is 12.8. The molecule has 0 bridgehead atoms. The van der Waals surface area contributed by atoms with E-state index in [1.807, 2.05) is 36.4 Å². The number of hydrogen-bond donors (Lipinski definition) is 0. The smallest absolute Gasteiger partial charge is 0.159 e. The van der Waals surface area contributed by atoms with Crippen molar-refractivity contribution < 1.29 is 10.9 Å². The second-order valence-corrected chi connectivity index (χ2v) is 3.73. The van der Waals surface area contributed by atoms with Crippen molar-refractivity contribution in [3.05, 3.63) is 65.7 Å². The fourth-order valence-corrected chi connectivity index (χ4v) is 1.50. The van der Waals surface area contributed by atoms with Crippen molar-refractivity contribution in [1.82, 2.24) is 0 Å². The third-order valence-electron chi connectivity index (χ3n) is 2.40. The number of ether oxygens (including phenoxy) is 1. The number of carbonyl (C=O) groups is 1. The molecule has 0 aliphatic rings. The highest BCUT2D eigenvalue weighted by Crippen LogP contribution is 2.15. The van der Waals surface area contributed by atoms with E-state index in [1.54, 1.807) is 18.2 Å². The van der Waals surface area contributed by atoms with Crippen LogP contribution in [0.25, 0.3) is 0 Å². The maximum Gasteiger partial charge on any atom is 0.159 e. The maximum atomic E-state index is 11.4. The van der Waals surface area contributed by atoms with E-state index in [0.717, 1.165) is 5.56 Å². The Hall–Kier alpha value is -2.09. The molecular weight excluding hydrogens is 212 g/mol. The van der Waals surface area contributed by atoms with E-state index in [4.69, 9.17) is 6.11 Å². The minimum Gasteiger partial charge on any atom is -0.489 e. The molecule has 2 rings (SSSR count). The molecular formula is C15H14O2. The van der Waals surface area contributed by atoms with Crippen LogP contribution in [-0.4, -0.2) is 5.78 Å². The Balaban J connectivity index is 2.04. The average Bonchev–Trinajstić information content (AvgIpc) is 2.45. The number of carbonyl (C=O) groups excluding carboxylic acids is 1. The van der Waals surface area contributed by atoms with Crippen LogP contribution in [-0.2, 0) is 6.61 Å². The molecule has 0 fully saturated rings. The van der Waals surface area contributed by atoms with Gasteiger partial charge in [-0.15, -0.1) is 0 Å². The number of rotatable bonds is 4. The van der Waals surface area contributed by atoms with Crippen molar-refractivity contribution >= 4 is 5.78 Å². The SMILES string of the molecule is [2H]CC(=O)c1cccc(OCc2ccccc2)c1. The number of Topliss-reactive ketones (excluding diaryl/α,β-unsaturated/α-hetero) is 1. The summed E-state index contributed by atoms with van der Waals surface area (Å²) in [7, 11) is 0. The van der Waals surface area contributed by atoms with Crippen LogP contribution in [0.5, 0.6) is 5.75 Å². The molecule has 0 spiro atoms. The molecule has 0 heterocycles. The van der Waals surface area contributed by atoms with Gasteiger partial charge in [-0.05, 0) is 24.6 Å². The lowest BCUT2D eigenvalue weighted by molar-refractivity contribution is 0.101. The molecule has 0 aromatic heterocycles. The van der Waals surface area contributed by atoms with Gasteiger partial charge in [0, 0.05) is 6.93 Å². The van der Waals surface area contributed by atoms with Gasteiger partial charge in [-0.3, -0.25) is 4.79 Å². The summed E-state index contributed by atoms with van der Waals surface area (Å²) in [6.45, 7) is 0.238. The lowest BCUT2D eigenvalue weighted by Crippen LogP contribution is -1.97. The number of ketones is 1. The van der Waals surface area contributed by atoms with Crippen LogP contribution >= 0.6 is 0 Å². The van der Waals surface area contributed by atoms with E-state index >= 15 is 0 Å². The molecule has 0 unspecified atom stereocenters. The molecule has 0 saturated carbocycles. The van der Waals surface area contributed by atoms with Crippen LogP contribution in [0.2, 0.25) is 0 Å². The highest BCUT2D eigenvalue weighted by molar-refractivity contribution is 5.94. The molecule has 0 saturated heterocycles. The van der Waals surface area contributed by atoms with Crippen molar-refractivity contribution in [3.63, 3.8) is 0 Å². The summed E-state index contributed by atoms with van der Waals surface area (Å²) < 4.78 is 12.7. The highest BCUT2D eigenvalue weighted by Gasteiger charge is 2.01.